The smallest absolute Gasteiger partial charge is 0.217 e. The van der Waals surface area contributed by atoms with Crippen LogP contribution in [0.15, 0.2) is 89.3 Å². The number of hydrogen-bond acceptors (Lipinski definition) is 1. The normalized spacial score (nSPS) is 11.6. The van der Waals surface area contributed by atoms with Gasteiger partial charge in [-0.1, -0.05) is 80.6 Å². The van der Waals surface area contributed by atoms with E-state index in [1.54, 1.807) is 0 Å². The Morgan fingerprint density at radius 2 is 1.49 bits per heavy atom. The molecule has 0 N–H and O–H groups in total. The molecule has 0 spiro atoms. The first kappa shape index (κ1) is 23.0. The molecule has 0 amide bonds. The molecule has 6 rings (SSSR count). The van der Waals surface area contributed by atoms with Crippen LogP contribution < -0.4 is 4.57 Å². The monoisotopic (exact) mass is 481 g/mol. The van der Waals surface area contributed by atoms with Crippen LogP contribution in [0.1, 0.15) is 25.0 Å². The van der Waals surface area contributed by atoms with Crippen LogP contribution in [0.4, 0.5) is 5.69 Å². The van der Waals surface area contributed by atoms with E-state index in [1.807, 2.05) is 42.5 Å². The zero-order chi connectivity index (χ0) is 25.7. The fourth-order valence-corrected chi connectivity index (χ4v) is 5.64. The Bertz CT molecular complexity index is 1850. The van der Waals surface area contributed by atoms with Gasteiger partial charge in [-0.3, -0.25) is 0 Å². The molecule has 4 aromatic carbocycles. The summed E-state index contributed by atoms with van der Waals surface area (Å²) in [5, 5.41) is 3.40. The van der Waals surface area contributed by atoms with E-state index in [9.17, 15) is 0 Å². The molecule has 0 fully saturated rings. The van der Waals surface area contributed by atoms with Gasteiger partial charge in [-0.25, -0.2) is 4.85 Å². The molecule has 3 heteroatoms. The van der Waals surface area contributed by atoms with Crippen molar-refractivity contribution in [3.05, 3.63) is 107 Å². The lowest BCUT2D eigenvalue weighted by Gasteiger charge is -2.12. The van der Waals surface area contributed by atoms with E-state index in [2.05, 4.69) is 79.7 Å². The third-order valence-corrected chi connectivity index (χ3v) is 7.35. The van der Waals surface area contributed by atoms with Crippen molar-refractivity contribution in [2.24, 2.45) is 13.0 Å². The second-order valence-electron chi connectivity index (χ2n) is 10.3. The van der Waals surface area contributed by atoms with Gasteiger partial charge in [0.25, 0.3) is 0 Å². The number of hydrogen-bond donors (Lipinski definition) is 0. The van der Waals surface area contributed by atoms with Crippen LogP contribution in [0.3, 0.4) is 0 Å². The van der Waals surface area contributed by atoms with Gasteiger partial charge in [0.05, 0.1) is 12.1 Å². The molecule has 2 aromatic heterocycles. The molecule has 0 aliphatic rings. The molecule has 0 atom stereocenters. The molecule has 3 nitrogen and oxygen atoms in total. The van der Waals surface area contributed by atoms with E-state index in [0.717, 1.165) is 50.7 Å². The Kier molecular flexibility index (Phi) is 5.54. The zero-order valence-electron chi connectivity index (χ0n) is 21.7. The van der Waals surface area contributed by atoms with Crippen molar-refractivity contribution in [2.75, 3.05) is 0 Å². The topological polar surface area (TPSA) is 21.4 Å². The summed E-state index contributed by atoms with van der Waals surface area (Å²) in [5.74, 6) is 0.549. The van der Waals surface area contributed by atoms with Crippen LogP contribution in [0.25, 0.3) is 60.1 Å². The van der Waals surface area contributed by atoms with Gasteiger partial charge in [0, 0.05) is 33.9 Å². The standard InChI is InChI=1S/C34H29N2O/c1-21(2)19-24-20-30(36(5)29-14-10-9-13-25(24)29)31-22(3)15-16-26-27-17-18-28(35-4)32(34(27)37-33(26)31)23-11-7-6-8-12-23/h6-18,20-21H,19H2,1-3,5H3/q+1. The van der Waals surface area contributed by atoms with Crippen molar-refractivity contribution in [1.29, 1.82) is 0 Å². The highest BCUT2D eigenvalue weighted by atomic mass is 16.3. The number of rotatable bonds is 4. The molecule has 6 aromatic rings. The van der Waals surface area contributed by atoms with Crippen LogP contribution in [-0.4, -0.2) is 0 Å². The number of pyridine rings is 1. The Balaban J connectivity index is 1.72. The molecule has 0 radical (unpaired) electrons. The van der Waals surface area contributed by atoms with E-state index in [4.69, 9.17) is 11.0 Å². The Hall–Kier alpha value is -4.42. The van der Waals surface area contributed by atoms with Gasteiger partial charge < -0.3 is 4.42 Å². The highest BCUT2D eigenvalue weighted by Gasteiger charge is 2.25. The molecule has 0 saturated carbocycles. The van der Waals surface area contributed by atoms with Crippen LogP contribution in [0.5, 0.6) is 0 Å². The number of nitrogens with zero attached hydrogens (tertiary/aromatic N) is 2. The predicted molar refractivity (Wildman–Crippen MR) is 153 cm³/mol. The summed E-state index contributed by atoms with van der Waals surface area (Å²) in [6.45, 7) is 14.5. The van der Waals surface area contributed by atoms with Crippen molar-refractivity contribution in [3.8, 4) is 22.4 Å². The summed E-state index contributed by atoms with van der Waals surface area (Å²) in [4.78, 5) is 3.84. The van der Waals surface area contributed by atoms with Crippen molar-refractivity contribution in [2.45, 2.75) is 27.2 Å². The maximum absolute atomic E-state index is 7.82. The van der Waals surface area contributed by atoms with Crippen LogP contribution >= 0.6 is 0 Å². The third kappa shape index (κ3) is 3.69. The molecule has 0 bridgehead atoms. The van der Waals surface area contributed by atoms with Crippen molar-refractivity contribution in [3.63, 3.8) is 0 Å². The lowest BCUT2D eigenvalue weighted by molar-refractivity contribution is -0.633. The number of aryl methyl sites for hydroxylation is 2. The number of para-hydroxylation sites is 1. The molecular formula is C34H29N2O+. The van der Waals surface area contributed by atoms with Gasteiger partial charge in [0.2, 0.25) is 11.2 Å². The first-order valence-corrected chi connectivity index (χ1v) is 12.8. The molecule has 180 valence electrons. The average molecular weight is 482 g/mol. The van der Waals surface area contributed by atoms with Gasteiger partial charge in [0.1, 0.15) is 18.2 Å². The van der Waals surface area contributed by atoms with Crippen molar-refractivity contribution >= 4 is 38.5 Å². The number of benzene rings is 4. The van der Waals surface area contributed by atoms with E-state index >= 15 is 0 Å². The number of aromatic nitrogens is 1. The largest absolute Gasteiger partial charge is 0.456 e. The molecule has 0 aliphatic heterocycles. The Morgan fingerprint density at radius 1 is 0.811 bits per heavy atom. The van der Waals surface area contributed by atoms with Gasteiger partial charge in [-0.2, -0.15) is 4.57 Å². The van der Waals surface area contributed by atoms with Crippen molar-refractivity contribution < 1.29 is 8.98 Å². The second-order valence-corrected chi connectivity index (χ2v) is 10.3. The maximum atomic E-state index is 7.82. The lowest BCUT2D eigenvalue weighted by Crippen LogP contribution is -2.33. The fourth-order valence-electron chi connectivity index (χ4n) is 5.64. The average Bonchev–Trinajstić information content (AvgIpc) is 3.28. The minimum Gasteiger partial charge on any atom is -0.456 e. The summed E-state index contributed by atoms with van der Waals surface area (Å²) in [6.07, 6.45) is 1.01. The van der Waals surface area contributed by atoms with Gasteiger partial charge in [-0.15, -0.1) is 0 Å². The SMILES string of the molecule is [C-]#[N+]c1ccc2c(oc3c(-c4cc(CC(C)C)c5ccccc5[n+]4C)c(C)ccc32)c1-c1ccccc1. The van der Waals surface area contributed by atoms with E-state index in [1.165, 1.54) is 22.0 Å². The number of furan rings is 1. The fraction of sp³-hybridized carbons (Fsp3) is 0.176. The predicted octanol–water partition coefficient (Wildman–Crippen LogP) is 8.96. The molecule has 0 saturated heterocycles. The minimum atomic E-state index is 0.549. The summed E-state index contributed by atoms with van der Waals surface area (Å²) in [6, 6.07) is 29.4. The van der Waals surface area contributed by atoms with Gasteiger partial charge in [-0.05, 0) is 42.0 Å². The van der Waals surface area contributed by atoms with Crippen LogP contribution in [0.2, 0.25) is 0 Å². The molecular weight excluding hydrogens is 452 g/mol. The Morgan fingerprint density at radius 3 is 2.22 bits per heavy atom. The third-order valence-electron chi connectivity index (χ3n) is 7.35. The lowest BCUT2D eigenvalue weighted by atomic mass is 9.94. The molecule has 0 aliphatic carbocycles. The Labute approximate surface area is 217 Å². The number of fused-ring (bicyclic) bond motifs is 4. The first-order chi connectivity index (χ1) is 18.0. The molecule has 0 unspecified atom stereocenters. The second kappa shape index (κ2) is 8.91. The van der Waals surface area contributed by atoms with Crippen molar-refractivity contribution in [1.82, 2.24) is 0 Å². The minimum absolute atomic E-state index is 0.549. The van der Waals surface area contributed by atoms with E-state index < -0.39 is 0 Å². The van der Waals surface area contributed by atoms with Gasteiger partial charge in [0.15, 0.2) is 5.69 Å². The summed E-state index contributed by atoms with van der Waals surface area (Å²) < 4.78 is 9.07. The zero-order valence-corrected chi connectivity index (χ0v) is 21.7. The summed E-state index contributed by atoms with van der Waals surface area (Å²) in [7, 11) is 2.14. The quantitative estimate of drug-likeness (QED) is 0.182. The molecule has 37 heavy (non-hydrogen) atoms. The molecule has 2 heterocycles. The first-order valence-electron chi connectivity index (χ1n) is 12.8. The maximum Gasteiger partial charge on any atom is 0.217 e. The summed E-state index contributed by atoms with van der Waals surface area (Å²) in [5.41, 5.74) is 10.1. The van der Waals surface area contributed by atoms with Gasteiger partial charge >= 0.3 is 0 Å². The highest BCUT2D eigenvalue weighted by molar-refractivity contribution is 6.15. The highest BCUT2D eigenvalue weighted by Crippen LogP contribution is 2.44. The summed E-state index contributed by atoms with van der Waals surface area (Å²) >= 11 is 0. The van der Waals surface area contributed by atoms with Crippen LogP contribution in [-0.2, 0) is 13.5 Å². The van der Waals surface area contributed by atoms with E-state index in [0.29, 0.717) is 11.6 Å². The van der Waals surface area contributed by atoms with E-state index in [-0.39, 0.29) is 0 Å². The van der Waals surface area contributed by atoms with Crippen LogP contribution in [0, 0.1) is 19.4 Å².